The lowest BCUT2D eigenvalue weighted by atomic mass is 9.84. The van der Waals surface area contributed by atoms with E-state index in [1.807, 2.05) is 11.3 Å². The lowest BCUT2D eigenvalue weighted by Gasteiger charge is -2.44. The van der Waals surface area contributed by atoms with Crippen LogP contribution in [0.2, 0.25) is 0 Å². The van der Waals surface area contributed by atoms with Crippen LogP contribution in [0.15, 0.2) is 29.6 Å². The van der Waals surface area contributed by atoms with Crippen molar-refractivity contribution in [3.05, 3.63) is 29.6 Å². The Kier molecular flexibility index (Phi) is 6.32. The molecule has 2 saturated heterocycles. The van der Waals surface area contributed by atoms with Crippen molar-refractivity contribution in [1.29, 1.82) is 0 Å². The van der Waals surface area contributed by atoms with E-state index in [4.69, 9.17) is 0 Å². The zero-order chi connectivity index (χ0) is 22.1. The highest BCUT2D eigenvalue weighted by atomic mass is 32.1. The molecule has 174 valence electrons. The monoisotopic (exact) mass is 456 g/mol. The van der Waals surface area contributed by atoms with Crippen LogP contribution in [0.5, 0.6) is 0 Å². The zero-order valence-corrected chi connectivity index (χ0v) is 19.9. The average molecular weight is 457 g/mol. The van der Waals surface area contributed by atoms with Gasteiger partial charge in [-0.2, -0.15) is 0 Å². The lowest BCUT2D eigenvalue weighted by molar-refractivity contribution is -0.0612. The van der Waals surface area contributed by atoms with E-state index < -0.39 is 5.60 Å². The van der Waals surface area contributed by atoms with Crippen LogP contribution in [-0.2, 0) is 0 Å². The number of urea groups is 1. The number of hydrogen-bond donors (Lipinski definition) is 2. The highest BCUT2D eigenvalue weighted by molar-refractivity contribution is 7.17. The summed E-state index contributed by atoms with van der Waals surface area (Å²) >= 11 is 1.83. The second-order valence-electron chi connectivity index (χ2n) is 10.2. The van der Waals surface area contributed by atoms with Gasteiger partial charge in [0.2, 0.25) is 0 Å². The van der Waals surface area contributed by atoms with Crippen LogP contribution in [0.1, 0.15) is 39.0 Å². The third kappa shape index (κ3) is 4.90. The van der Waals surface area contributed by atoms with Gasteiger partial charge in [0.15, 0.2) is 0 Å². The van der Waals surface area contributed by atoms with Gasteiger partial charge >= 0.3 is 6.03 Å². The van der Waals surface area contributed by atoms with Gasteiger partial charge in [0.25, 0.3) is 0 Å². The number of aliphatic hydroxyl groups is 1. The van der Waals surface area contributed by atoms with Crippen LogP contribution in [0.25, 0.3) is 10.1 Å². The molecule has 0 spiro atoms. The standard InChI is InChI=1S/C25H36N4O2S/c1-25(31)17-29(18-25)24(30)26-20-7-5-19(6-8-20)9-11-27-12-14-28(15-13-27)22-3-2-4-23-21(22)10-16-32-23/h2-4,10,16,19-20,31H,5-9,11-15,17-18H2,1H3,(H,26,30)/t19-,20-. The van der Waals surface area contributed by atoms with Gasteiger partial charge in [-0.25, -0.2) is 4.79 Å². The fourth-order valence-electron chi connectivity index (χ4n) is 5.61. The number of carbonyl (C=O) groups excluding carboxylic acids is 1. The van der Waals surface area contributed by atoms with Crippen LogP contribution >= 0.6 is 11.3 Å². The first kappa shape index (κ1) is 22.0. The third-order valence-electron chi connectivity index (χ3n) is 7.56. The Balaban J connectivity index is 1.01. The lowest BCUT2D eigenvalue weighted by Crippen LogP contribution is -2.64. The van der Waals surface area contributed by atoms with Gasteiger partial charge in [-0.3, -0.25) is 4.90 Å². The Hall–Kier alpha value is -1.83. The molecular formula is C25H36N4O2S. The molecule has 3 heterocycles. The van der Waals surface area contributed by atoms with Crippen LogP contribution in [0, 0.1) is 5.92 Å². The van der Waals surface area contributed by atoms with Crippen molar-refractivity contribution in [1.82, 2.24) is 15.1 Å². The molecule has 1 aromatic carbocycles. The van der Waals surface area contributed by atoms with Crippen molar-refractivity contribution in [2.24, 2.45) is 5.92 Å². The minimum atomic E-state index is -0.697. The van der Waals surface area contributed by atoms with Crippen molar-refractivity contribution in [3.8, 4) is 0 Å². The Labute approximate surface area is 195 Å². The predicted molar refractivity (Wildman–Crippen MR) is 132 cm³/mol. The SMILES string of the molecule is CC1(O)CN(C(=O)N[C@H]2CC[C@H](CCN3CCN(c4cccc5sccc45)CC3)CC2)C1. The number of piperazine rings is 1. The summed E-state index contributed by atoms with van der Waals surface area (Å²) in [5, 5.41) is 16.6. The molecule has 1 aliphatic carbocycles. The molecule has 6 nitrogen and oxygen atoms in total. The summed E-state index contributed by atoms with van der Waals surface area (Å²) in [5.74, 6) is 0.783. The number of nitrogens with one attached hydrogen (secondary N) is 1. The molecular weight excluding hydrogens is 420 g/mol. The molecule has 2 aliphatic heterocycles. The first-order valence-electron chi connectivity index (χ1n) is 12.2. The molecule has 0 radical (unpaired) electrons. The first-order chi connectivity index (χ1) is 15.5. The number of nitrogens with zero attached hydrogens (tertiary/aromatic N) is 3. The maximum atomic E-state index is 12.3. The number of amides is 2. The van der Waals surface area contributed by atoms with E-state index >= 15 is 0 Å². The average Bonchev–Trinajstić information content (AvgIpc) is 3.26. The van der Waals surface area contributed by atoms with Gasteiger partial charge in [0.05, 0.1) is 18.7 Å². The van der Waals surface area contributed by atoms with Crippen LogP contribution in [-0.4, -0.2) is 78.4 Å². The van der Waals surface area contributed by atoms with Crippen LogP contribution in [0.4, 0.5) is 10.5 Å². The summed E-state index contributed by atoms with van der Waals surface area (Å²) < 4.78 is 1.38. The minimum Gasteiger partial charge on any atom is -0.386 e. The predicted octanol–water partition coefficient (Wildman–Crippen LogP) is 3.75. The molecule has 0 bridgehead atoms. The number of likely N-dealkylation sites (tertiary alicyclic amines) is 1. The van der Waals surface area contributed by atoms with E-state index in [2.05, 4.69) is 44.8 Å². The number of carbonyl (C=O) groups is 1. The van der Waals surface area contributed by atoms with Gasteiger partial charge < -0.3 is 20.2 Å². The molecule has 1 aromatic heterocycles. The fraction of sp³-hybridized carbons (Fsp3) is 0.640. The van der Waals surface area contributed by atoms with Crippen molar-refractivity contribution < 1.29 is 9.90 Å². The third-order valence-corrected chi connectivity index (χ3v) is 8.45. The van der Waals surface area contributed by atoms with Crippen LogP contribution < -0.4 is 10.2 Å². The summed E-state index contributed by atoms with van der Waals surface area (Å²) in [6, 6.07) is 9.23. The Bertz CT molecular complexity index is 921. The molecule has 32 heavy (non-hydrogen) atoms. The molecule has 2 N–H and O–H groups in total. The summed E-state index contributed by atoms with van der Waals surface area (Å²) in [6.07, 6.45) is 5.86. The Morgan fingerprint density at radius 3 is 2.59 bits per heavy atom. The fourth-order valence-corrected chi connectivity index (χ4v) is 6.42. The molecule has 0 atom stereocenters. The van der Waals surface area contributed by atoms with E-state index in [-0.39, 0.29) is 6.03 Å². The number of anilines is 1. The van der Waals surface area contributed by atoms with E-state index in [1.165, 1.54) is 41.6 Å². The first-order valence-corrected chi connectivity index (χ1v) is 13.1. The van der Waals surface area contributed by atoms with Gasteiger partial charge in [0, 0.05) is 48.0 Å². The number of benzene rings is 1. The maximum absolute atomic E-state index is 12.3. The molecule has 0 unspecified atom stereocenters. The highest BCUT2D eigenvalue weighted by Crippen LogP contribution is 2.32. The second kappa shape index (κ2) is 9.20. The van der Waals surface area contributed by atoms with E-state index in [1.54, 1.807) is 11.8 Å². The van der Waals surface area contributed by atoms with E-state index in [0.717, 1.165) is 44.9 Å². The summed E-state index contributed by atoms with van der Waals surface area (Å²) in [7, 11) is 0. The van der Waals surface area contributed by atoms with Crippen molar-refractivity contribution in [3.63, 3.8) is 0 Å². The molecule has 2 amide bonds. The number of β-amino-alcohol motifs (C(OH)–C–C–N with tert-alkyl or cyclic N) is 1. The number of fused-ring (bicyclic) bond motifs is 1. The smallest absolute Gasteiger partial charge is 0.317 e. The highest BCUT2D eigenvalue weighted by Gasteiger charge is 2.40. The maximum Gasteiger partial charge on any atom is 0.317 e. The van der Waals surface area contributed by atoms with Crippen molar-refractivity contribution in [2.75, 3.05) is 50.7 Å². The topological polar surface area (TPSA) is 59.1 Å². The number of rotatable bonds is 5. The Morgan fingerprint density at radius 1 is 1.12 bits per heavy atom. The number of hydrogen-bond acceptors (Lipinski definition) is 5. The van der Waals surface area contributed by atoms with Crippen molar-refractivity contribution >= 4 is 33.1 Å². The van der Waals surface area contributed by atoms with Crippen molar-refractivity contribution in [2.45, 2.75) is 50.7 Å². The molecule has 5 rings (SSSR count). The molecule has 3 fully saturated rings. The number of thiophene rings is 1. The Morgan fingerprint density at radius 2 is 1.88 bits per heavy atom. The van der Waals surface area contributed by atoms with Gasteiger partial charge in [-0.15, -0.1) is 11.3 Å². The summed E-state index contributed by atoms with van der Waals surface area (Å²) in [4.78, 5) is 19.2. The zero-order valence-electron chi connectivity index (χ0n) is 19.1. The normalized spacial score (nSPS) is 26.2. The van der Waals surface area contributed by atoms with Gasteiger partial charge in [-0.05, 0) is 75.1 Å². The molecule has 2 aromatic rings. The quantitative estimate of drug-likeness (QED) is 0.720. The largest absolute Gasteiger partial charge is 0.386 e. The minimum absolute atomic E-state index is 0.00371. The summed E-state index contributed by atoms with van der Waals surface area (Å²) in [6.45, 7) is 8.38. The van der Waals surface area contributed by atoms with Gasteiger partial charge in [0.1, 0.15) is 0 Å². The second-order valence-corrected chi connectivity index (χ2v) is 11.2. The summed E-state index contributed by atoms with van der Waals surface area (Å²) in [5.41, 5.74) is 0.697. The van der Waals surface area contributed by atoms with E-state index in [0.29, 0.717) is 19.1 Å². The molecule has 3 aliphatic rings. The van der Waals surface area contributed by atoms with Gasteiger partial charge in [-0.1, -0.05) is 6.07 Å². The van der Waals surface area contributed by atoms with Crippen LogP contribution in [0.3, 0.4) is 0 Å². The molecule has 1 saturated carbocycles. The van der Waals surface area contributed by atoms with E-state index in [9.17, 15) is 9.90 Å². The molecule has 7 heteroatoms.